The van der Waals surface area contributed by atoms with Crippen LogP contribution in [0.1, 0.15) is 58.8 Å². The molecule has 1 atom stereocenters. The number of carbonyl (C=O) groups excluding carboxylic acids is 1. The quantitative estimate of drug-likeness (QED) is 0.650. The fraction of sp³-hybridized carbons (Fsp3) is 0.857. The van der Waals surface area contributed by atoms with E-state index in [1.807, 2.05) is 4.90 Å². The Hall–Kier alpha value is -1.04. The zero-order valence-electron chi connectivity index (χ0n) is 11.1. The topological polar surface area (TPSA) is 44.1 Å². The largest absolute Gasteiger partial charge is 0.338 e. The van der Waals surface area contributed by atoms with Crippen LogP contribution in [0.4, 0.5) is 0 Å². The zero-order chi connectivity index (χ0) is 12.7. The van der Waals surface area contributed by atoms with Gasteiger partial charge in [-0.2, -0.15) is 5.26 Å². The number of carbonyl (C=O) groups is 1. The second kappa shape index (κ2) is 7.32. The van der Waals surface area contributed by atoms with E-state index in [2.05, 4.69) is 19.9 Å². The molecule has 96 valence electrons. The summed E-state index contributed by atoms with van der Waals surface area (Å²) in [5, 5.41) is 8.65. The highest BCUT2D eigenvalue weighted by molar-refractivity contribution is 5.79. The molecule has 1 aliphatic rings. The third kappa shape index (κ3) is 4.38. The summed E-state index contributed by atoms with van der Waals surface area (Å²) in [6.07, 6.45) is 6.91. The molecule has 1 unspecified atom stereocenters. The van der Waals surface area contributed by atoms with Crippen LogP contribution < -0.4 is 0 Å². The number of rotatable bonds is 8. The van der Waals surface area contributed by atoms with E-state index in [0.29, 0.717) is 24.9 Å². The molecule has 0 aromatic carbocycles. The highest BCUT2D eigenvalue weighted by Gasteiger charge is 2.34. The van der Waals surface area contributed by atoms with Gasteiger partial charge >= 0.3 is 0 Å². The second-order valence-corrected chi connectivity index (χ2v) is 4.92. The van der Waals surface area contributed by atoms with E-state index in [4.69, 9.17) is 5.26 Å². The lowest BCUT2D eigenvalue weighted by Gasteiger charge is -2.26. The number of hydrogen-bond donors (Lipinski definition) is 0. The van der Waals surface area contributed by atoms with Gasteiger partial charge in [-0.3, -0.25) is 4.79 Å². The molecule has 0 radical (unpaired) electrons. The molecule has 0 aromatic rings. The third-order valence-corrected chi connectivity index (χ3v) is 3.48. The summed E-state index contributed by atoms with van der Waals surface area (Å²) in [4.78, 5) is 14.3. The molecule has 0 saturated heterocycles. The molecule has 1 fully saturated rings. The first-order chi connectivity index (χ1) is 8.24. The minimum Gasteiger partial charge on any atom is -0.338 e. The predicted octanol–water partition coefficient (Wildman–Crippen LogP) is 3.11. The molecule has 0 N–H and O–H groups in total. The molecule has 0 spiro atoms. The molecular weight excluding hydrogens is 212 g/mol. The van der Waals surface area contributed by atoms with E-state index in [-0.39, 0.29) is 5.92 Å². The smallest absolute Gasteiger partial charge is 0.225 e. The molecule has 17 heavy (non-hydrogen) atoms. The van der Waals surface area contributed by atoms with Gasteiger partial charge in [0.25, 0.3) is 0 Å². The Labute approximate surface area is 105 Å². The van der Waals surface area contributed by atoms with Crippen LogP contribution in [-0.4, -0.2) is 23.4 Å². The Bertz CT molecular complexity index is 278. The molecule has 0 heterocycles. The van der Waals surface area contributed by atoms with Crippen LogP contribution in [-0.2, 0) is 4.79 Å². The van der Waals surface area contributed by atoms with Crippen LogP contribution in [0.5, 0.6) is 0 Å². The van der Waals surface area contributed by atoms with Crippen LogP contribution in [0, 0.1) is 17.2 Å². The molecule has 3 nitrogen and oxygen atoms in total. The summed E-state index contributed by atoms with van der Waals surface area (Å²) >= 11 is 0. The molecule has 1 aliphatic carbocycles. The zero-order valence-corrected chi connectivity index (χ0v) is 11.1. The number of amides is 1. The van der Waals surface area contributed by atoms with Crippen molar-refractivity contribution in [1.82, 2.24) is 4.90 Å². The third-order valence-electron chi connectivity index (χ3n) is 3.48. The van der Waals surface area contributed by atoms with E-state index in [1.54, 1.807) is 0 Å². The Morgan fingerprint density at radius 3 is 2.65 bits per heavy atom. The Morgan fingerprint density at radius 1 is 1.47 bits per heavy atom. The van der Waals surface area contributed by atoms with Gasteiger partial charge in [0.15, 0.2) is 0 Å². The van der Waals surface area contributed by atoms with Gasteiger partial charge in [0.1, 0.15) is 0 Å². The molecule has 1 saturated carbocycles. The van der Waals surface area contributed by atoms with E-state index in [1.165, 1.54) is 0 Å². The maximum Gasteiger partial charge on any atom is 0.225 e. The fourth-order valence-electron chi connectivity index (χ4n) is 2.22. The minimum absolute atomic E-state index is 0.175. The minimum atomic E-state index is 0.175. The number of hydrogen-bond acceptors (Lipinski definition) is 2. The van der Waals surface area contributed by atoms with Crippen LogP contribution in [0.25, 0.3) is 0 Å². The van der Waals surface area contributed by atoms with Crippen molar-refractivity contribution in [3.63, 3.8) is 0 Å². The number of nitrogens with zero attached hydrogens (tertiary/aromatic N) is 2. The van der Waals surface area contributed by atoms with Crippen molar-refractivity contribution < 1.29 is 4.79 Å². The number of nitriles is 1. The SMILES string of the molecule is CCCCC(CC)C(=O)N(CCC#N)C1CC1. The van der Waals surface area contributed by atoms with Crippen molar-refractivity contribution in [2.24, 2.45) is 5.92 Å². The summed E-state index contributed by atoms with van der Waals surface area (Å²) in [7, 11) is 0. The van der Waals surface area contributed by atoms with E-state index >= 15 is 0 Å². The summed E-state index contributed by atoms with van der Waals surface area (Å²) in [5.41, 5.74) is 0. The van der Waals surface area contributed by atoms with Gasteiger partial charge in [-0.1, -0.05) is 26.7 Å². The van der Waals surface area contributed by atoms with Gasteiger partial charge in [-0.25, -0.2) is 0 Å². The molecule has 1 amide bonds. The summed E-state index contributed by atoms with van der Waals surface area (Å²) < 4.78 is 0. The fourth-order valence-corrected chi connectivity index (χ4v) is 2.22. The highest BCUT2D eigenvalue weighted by Crippen LogP contribution is 2.29. The van der Waals surface area contributed by atoms with E-state index < -0.39 is 0 Å². The maximum atomic E-state index is 12.4. The molecule has 1 rings (SSSR count). The molecule has 3 heteroatoms. The van der Waals surface area contributed by atoms with Gasteiger partial charge in [0, 0.05) is 18.5 Å². The Balaban J connectivity index is 2.52. The van der Waals surface area contributed by atoms with Crippen molar-refractivity contribution in [3.05, 3.63) is 0 Å². The van der Waals surface area contributed by atoms with Crippen molar-refractivity contribution in [1.29, 1.82) is 5.26 Å². The first-order valence-electron chi connectivity index (χ1n) is 6.92. The van der Waals surface area contributed by atoms with Gasteiger partial charge in [-0.15, -0.1) is 0 Å². The van der Waals surface area contributed by atoms with Crippen molar-refractivity contribution in [2.75, 3.05) is 6.54 Å². The lowest BCUT2D eigenvalue weighted by molar-refractivity contribution is -0.136. The van der Waals surface area contributed by atoms with E-state index in [0.717, 1.165) is 38.5 Å². The standard InChI is InChI=1S/C14H24N2O/c1-3-5-7-12(4-2)14(17)16(11-6-10-15)13-8-9-13/h12-13H,3-9,11H2,1-2H3. The summed E-state index contributed by atoms with van der Waals surface area (Å²) in [6.45, 7) is 4.88. The monoisotopic (exact) mass is 236 g/mol. The first kappa shape index (κ1) is 14.0. The maximum absolute atomic E-state index is 12.4. The second-order valence-electron chi connectivity index (χ2n) is 4.92. The first-order valence-corrected chi connectivity index (χ1v) is 6.92. The van der Waals surface area contributed by atoms with Gasteiger partial charge < -0.3 is 4.90 Å². The number of unbranched alkanes of at least 4 members (excludes halogenated alkanes) is 1. The predicted molar refractivity (Wildman–Crippen MR) is 68.3 cm³/mol. The van der Waals surface area contributed by atoms with E-state index in [9.17, 15) is 4.79 Å². The molecule has 0 bridgehead atoms. The Kier molecular flexibility index (Phi) is 6.04. The van der Waals surface area contributed by atoms with Gasteiger partial charge in [0.2, 0.25) is 5.91 Å². The van der Waals surface area contributed by atoms with Crippen LogP contribution >= 0.6 is 0 Å². The highest BCUT2D eigenvalue weighted by atomic mass is 16.2. The lowest BCUT2D eigenvalue weighted by atomic mass is 9.97. The van der Waals surface area contributed by atoms with Crippen LogP contribution in [0.2, 0.25) is 0 Å². The summed E-state index contributed by atoms with van der Waals surface area (Å²) in [6, 6.07) is 2.58. The van der Waals surface area contributed by atoms with Crippen molar-refractivity contribution >= 4 is 5.91 Å². The lowest BCUT2D eigenvalue weighted by Crippen LogP contribution is -2.38. The van der Waals surface area contributed by atoms with Crippen molar-refractivity contribution in [2.45, 2.75) is 64.8 Å². The van der Waals surface area contributed by atoms with Gasteiger partial charge in [-0.05, 0) is 25.7 Å². The average Bonchev–Trinajstić information content (AvgIpc) is 3.15. The van der Waals surface area contributed by atoms with Crippen LogP contribution in [0.15, 0.2) is 0 Å². The van der Waals surface area contributed by atoms with Gasteiger partial charge in [0.05, 0.1) is 12.5 Å². The average molecular weight is 236 g/mol. The molecule has 0 aliphatic heterocycles. The molecule has 0 aromatic heterocycles. The van der Waals surface area contributed by atoms with Crippen LogP contribution in [0.3, 0.4) is 0 Å². The molecular formula is C14H24N2O. The Morgan fingerprint density at radius 2 is 2.18 bits per heavy atom. The normalized spacial score (nSPS) is 16.3. The summed E-state index contributed by atoms with van der Waals surface area (Å²) in [5.74, 6) is 0.466. The van der Waals surface area contributed by atoms with Crippen molar-refractivity contribution in [3.8, 4) is 6.07 Å².